The molecule has 2 aromatic rings. The van der Waals surface area contributed by atoms with Gasteiger partial charge in [-0.15, -0.1) is 11.3 Å². The molecule has 2 heterocycles. The Morgan fingerprint density at radius 2 is 2.31 bits per heavy atom. The van der Waals surface area contributed by atoms with Crippen molar-refractivity contribution >= 4 is 17.2 Å². The highest BCUT2D eigenvalue weighted by atomic mass is 32.1. The second-order valence-electron chi connectivity index (χ2n) is 3.32. The first-order valence-corrected chi connectivity index (χ1v) is 5.81. The van der Waals surface area contributed by atoms with Crippen LogP contribution in [0.2, 0.25) is 0 Å². The van der Waals surface area contributed by atoms with Crippen LogP contribution in [0.3, 0.4) is 0 Å². The van der Waals surface area contributed by atoms with E-state index in [0.717, 1.165) is 5.69 Å². The summed E-state index contributed by atoms with van der Waals surface area (Å²) in [7, 11) is 0. The normalized spacial score (nSPS) is 12.1. The molecule has 4 nitrogen and oxygen atoms in total. The highest BCUT2D eigenvalue weighted by Crippen LogP contribution is 2.09. The van der Waals surface area contributed by atoms with Gasteiger partial charge < -0.3 is 5.32 Å². The molecule has 2 rings (SSSR count). The van der Waals surface area contributed by atoms with Crippen LogP contribution in [0.4, 0.5) is 0 Å². The molecule has 0 saturated heterocycles. The van der Waals surface area contributed by atoms with Crippen LogP contribution in [0.15, 0.2) is 35.3 Å². The van der Waals surface area contributed by atoms with Gasteiger partial charge in [-0.3, -0.25) is 9.78 Å². The monoisotopic (exact) mass is 233 g/mol. The third-order valence-electron chi connectivity index (χ3n) is 2.14. The van der Waals surface area contributed by atoms with Gasteiger partial charge in [-0.2, -0.15) is 0 Å². The molecule has 0 aliphatic heterocycles. The Hall–Kier alpha value is -1.75. The van der Waals surface area contributed by atoms with Crippen molar-refractivity contribution in [3.05, 3.63) is 46.7 Å². The molecule has 1 amide bonds. The Balaban J connectivity index is 2.03. The number of carbonyl (C=O) groups is 1. The van der Waals surface area contributed by atoms with Crippen molar-refractivity contribution in [1.82, 2.24) is 15.3 Å². The number of carbonyl (C=O) groups excluding carboxylic acids is 1. The summed E-state index contributed by atoms with van der Waals surface area (Å²) in [5, 5.41) is 4.56. The third kappa shape index (κ3) is 2.43. The van der Waals surface area contributed by atoms with Crippen LogP contribution in [0.5, 0.6) is 0 Å². The van der Waals surface area contributed by atoms with E-state index in [1.165, 1.54) is 11.3 Å². The van der Waals surface area contributed by atoms with Gasteiger partial charge in [0.1, 0.15) is 5.69 Å². The SMILES string of the molecule is CC(NC(=O)c1cscn1)c1ccccn1. The molecule has 0 spiro atoms. The zero-order valence-electron chi connectivity index (χ0n) is 8.75. The fourth-order valence-electron chi connectivity index (χ4n) is 1.30. The lowest BCUT2D eigenvalue weighted by Gasteiger charge is -2.11. The average molecular weight is 233 g/mol. The van der Waals surface area contributed by atoms with Crippen LogP contribution in [0, 0.1) is 0 Å². The van der Waals surface area contributed by atoms with Gasteiger partial charge in [0.15, 0.2) is 0 Å². The molecular weight excluding hydrogens is 222 g/mol. The van der Waals surface area contributed by atoms with E-state index in [-0.39, 0.29) is 11.9 Å². The Labute approximate surface area is 97.4 Å². The zero-order valence-corrected chi connectivity index (χ0v) is 9.57. The van der Waals surface area contributed by atoms with Crippen LogP contribution in [0.1, 0.15) is 29.1 Å². The second kappa shape index (κ2) is 4.85. The summed E-state index contributed by atoms with van der Waals surface area (Å²) >= 11 is 1.40. The summed E-state index contributed by atoms with van der Waals surface area (Å²) in [6, 6.07) is 5.51. The lowest BCUT2D eigenvalue weighted by molar-refractivity contribution is 0.0935. The van der Waals surface area contributed by atoms with Crippen LogP contribution in [0.25, 0.3) is 0 Å². The molecule has 1 N–H and O–H groups in total. The molecule has 1 atom stereocenters. The van der Waals surface area contributed by atoms with Gasteiger partial charge in [-0.1, -0.05) is 6.07 Å². The van der Waals surface area contributed by atoms with Gasteiger partial charge >= 0.3 is 0 Å². The largest absolute Gasteiger partial charge is 0.343 e. The van der Waals surface area contributed by atoms with E-state index in [0.29, 0.717) is 5.69 Å². The van der Waals surface area contributed by atoms with Crippen molar-refractivity contribution in [1.29, 1.82) is 0 Å². The number of nitrogens with one attached hydrogen (secondary N) is 1. The minimum absolute atomic E-state index is 0.115. The van der Waals surface area contributed by atoms with Crippen molar-refractivity contribution in [3.63, 3.8) is 0 Å². The van der Waals surface area contributed by atoms with Crippen molar-refractivity contribution in [2.24, 2.45) is 0 Å². The number of hydrogen-bond donors (Lipinski definition) is 1. The van der Waals surface area contributed by atoms with E-state index < -0.39 is 0 Å². The van der Waals surface area contributed by atoms with E-state index >= 15 is 0 Å². The maximum atomic E-state index is 11.7. The van der Waals surface area contributed by atoms with Gasteiger partial charge in [-0.25, -0.2) is 4.98 Å². The molecule has 5 heteroatoms. The number of amides is 1. The Morgan fingerprint density at radius 1 is 1.44 bits per heavy atom. The van der Waals surface area contributed by atoms with Crippen LogP contribution in [-0.2, 0) is 0 Å². The van der Waals surface area contributed by atoms with E-state index in [2.05, 4.69) is 15.3 Å². The third-order valence-corrected chi connectivity index (χ3v) is 2.73. The number of hydrogen-bond acceptors (Lipinski definition) is 4. The lowest BCUT2D eigenvalue weighted by Crippen LogP contribution is -2.27. The number of aromatic nitrogens is 2. The quantitative estimate of drug-likeness (QED) is 0.882. The Morgan fingerprint density at radius 3 is 2.94 bits per heavy atom. The lowest BCUT2D eigenvalue weighted by atomic mass is 10.2. The summed E-state index contributed by atoms with van der Waals surface area (Å²) in [6.45, 7) is 1.90. The smallest absolute Gasteiger partial charge is 0.271 e. The molecule has 0 aliphatic carbocycles. The molecule has 0 bridgehead atoms. The van der Waals surface area contributed by atoms with Gasteiger partial charge in [-0.05, 0) is 19.1 Å². The standard InChI is InChI=1S/C11H11N3OS/c1-8(9-4-2-3-5-12-9)14-11(15)10-6-16-7-13-10/h2-8H,1H3,(H,14,15). The van der Waals surface area contributed by atoms with E-state index in [9.17, 15) is 4.79 Å². The fourth-order valence-corrected chi connectivity index (χ4v) is 1.83. The Kier molecular flexibility index (Phi) is 3.26. The molecule has 0 saturated carbocycles. The second-order valence-corrected chi connectivity index (χ2v) is 4.04. The highest BCUT2D eigenvalue weighted by Gasteiger charge is 2.12. The molecule has 2 aromatic heterocycles. The summed E-state index contributed by atoms with van der Waals surface area (Å²) in [4.78, 5) is 19.8. The molecule has 16 heavy (non-hydrogen) atoms. The first-order valence-electron chi connectivity index (χ1n) is 4.87. The van der Waals surface area contributed by atoms with Crippen molar-refractivity contribution in [3.8, 4) is 0 Å². The molecule has 82 valence electrons. The van der Waals surface area contributed by atoms with Crippen molar-refractivity contribution in [2.45, 2.75) is 13.0 Å². The summed E-state index contributed by atoms with van der Waals surface area (Å²) < 4.78 is 0. The van der Waals surface area contributed by atoms with Crippen LogP contribution < -0.4 is 5.32 Å². The minimum Gasteiger partial charge on any atom is -0.343 e. The van der Waals surface area contributed by atoms with Gasteiger partial charge in [0.25, 0.3) is 5.91 Å². The molecular formula is C11H11N3OS. The van der Waals surface area contributed by atoms with Gasteiger partial charge in [0.05, 0.1) is 17.2 Å². The first kappa shape index (κ1) is 10.8. The molecule has 0 aromatic carbocycles. The molecule has 0 aliphatic rings. The minimum atomic E-state index is -0.167. The number of rotatable bonds is 3. The molecule has 0 radical (unpaired) electrons. The average Bonchev–Trinajstić information content (AvgIpc) is 2.83. The molecule has 1 unspecified atom stereocenters. The number of thiazole rings is 1. The van der Waals surface area contributed by atoms with Crippen LogP contribution >= 0.6 is 11.3 Å². The fraction of sp³-hybridized carbons (Fsp3) is 0.182. The Bertz CT molecular complexity index is 455. The summed E-state index contributed by atoms with van der Waals surface area (Å²) in [6.07, 6.45) is 1.71. The van der Waals surface area contributed by atoms with Crippen LogP contribution in [-0.4, -0.2) is 15.9 Å². The number of pyridine rings is 1. The predicted molar refractivity (Wildman–Crippen MR) is 62.2 cm³/mol. The maximum Gasteiger partial charge on any atom is 0.271 e. The van der Waals surface area contributed by atoms with Gasteiger partial charge in [0, 0.05) is 11.6 Å². The van der Waals surface area contributed by atoms with Crippen molar-refractivity contribution < 1.29 is 4.79 Å². The van der Waals surface area contributed by atoms with Crippen molar-refractivity contribution in [2.75, 3.05) is 0 Å². The maximum absolute atomic E-state index is 11.7. The topological polar surface area (TPSA) is 54.9 Å². The van der Waals surface area contributed by atoms with E-state index in [1.807, 2.05) is 25.1 Å². The predicted octanol–water partition coefficient (Wildman–Crippen LogP) is 2.03. The molecule has 0 fully saturated rings. The summed E-state index contributed by atoms with van der Waals surface area (Å²) in [5.74, 6) is -0.167. The summed E-state index contributed by atoms with van der Waals surface area (Å²) in [5.41, 5.74) is 2.93. The van der Waals surface area contributed by atoms with E-state index in [4.69, 9.17) is 0 Å². The first-order chi connectivity index (χ1) is 7.77. The zero-order chi connectivity index (χ0) is 11.4. The highest BCUT2D eigenvalue weighted by molar-refractivity contribution is 7.07. The van der Waals surface area contributed by atoms with Gasteiger partial charge in [0.2, 0.25) is 0 Å². The number of nitrogens with zero attached hydrogens (tertiary/aromatic N) is 2. The van der Waals surface area contributed by atoms with E-state index in [1.54, 1.807) is 17.1 Å².